The van der Waals surface area contributed by atoms with Crippen LogP contribution in [0.5, 0.6) is 0 Å². The molecule has 1 aliphatic heterocycles. The van der Waals surface area contributed by atoms with E-state index in [9.17, 15) is 0 Å². The maximum absolute atomic E-state index is 5.57. The fourth-order valence-electron chi connectivity index (χ4n) is 2.56. The molecule has 1 aromatic heterocycles. The van der Waals surface area contributed by atoms with Crippen LogP contribution >= 0.6 is 0 Å². The molecule has 2 aromatic rings. The van der Waals surface area contributed by atoms with Crippen molar-refractivity contribution in [1.82, 2.24) is 15.0 Å². The SMILES string of the molecule is Cc1cccc(CN2CCOC[C@H]2c2noc(C)n2)c1. The monoisotopic (exact) mass is 273 g/mol. The second-order valence-electron chi connectivity index (χ2n) is 5.22. The van der Waals surface area contributed by atoms with Gasteiger partial charge in [-0.15, -0.1) is 0 Å². The van der Waals surface area contributed by atoms with Crippen molar-refractivity contribution < 1.29 is 9.26 Å². The smallest absolute Gasteiger partial charge is 0.223 e. The quantitative estimate of drug-likeness (QED) is 0.858. The first-order valence-electron chi connectivity index (χ1n) is 6.90. The van der Waals surface area contributed by atoms with Crippen molar-refractivity contribution in [3.05, 3.63) is 47.1 Å². The van der Waals surface area contributed by atoms with Crippen molar-refractivity contribution in [2.24, 2.45) is 0 Å². The molecule has 1 aromatic carbocycles. The molecular formula is C15H19N3O2. The van der Waals surface area contributed by atoms with Crippen LogP contribution in [0, 0.1) is 13.8 Å². The summed E-state index contributed by atoms with van der Waals surface area (Å²) in [5, 5.41) is 4.04. The van der Waals surface area contributed by atoms with Crippen molar-refractivity contribution in [3.8, 4) is 0 Å². The van der Waals surface area contributed by atoms with Crippen LogP contribution in [0.1, 0.15) is 28.9 Å². The van der Waals surface area contributed by atoms with E-state index in [1.54, 1.807) is 0 Å². The molecule has 0 aliphatic carbocycles. The number of aryl methyl sites for hydroxylation is 2. The van der Waals surface area contributed by atoms with Gasteiger partial charge in [-0.05, 0) is 12.5 Å². The molecule has 3 rings (SSSR count). The lowest BCUT2D eigenvalue weighted by Crippen LogP contribution is -2.39. The number of morpholine rings is 1. The Kier molecular flexibility index (Phi) is 3.80. The van der Waals surface area contributed by atoms with Gasteiger partial charge in [0.15, 0.2) is 5.82 Å². The minimum Gasteiger partial charge on any atom is -0.378 e. The Morgan fingerprint density at radius 1 is 1.35 bits per heavy atom. The minimum atomic E-state index is 0.0710. The van der Waals surface area contributed by atoms with E-state index in [1.807, 2.05) is 6.92 Å². The van der Waals surface area contributed by atoms with E-state index in [2.05, 4.69) is 46.2 Å². The molecular weight excluding hydrogens is 254 g/mol. The summed E-state index contributed by atoms with van der Waals surface area (Å²) in [4.78, 5) is 6.69. The maximum Gasteiger partial charge on any atom is 0.223 e. The molecule has 0 amide bonds. The Hall–Kier alpha value is -1.72. The summed E-state index contributed by atoms with van der Waals surface area (Å²) in [5.41, 5.74) is 2.58. The highest BCUT2D eigenvalue weighted by molar-refractivity contribution is 5.22. The van der Waals surface area contributed by atoms with Gasteiger partial charge >= 0.3 is 0 Å². The van der Waals surface area contributed by atoms with Gasteiger partial charge in [-0.25, -0.2) is 0 Å². The fourth-order valence-corrected chi connectivity index (χ4v) is 2.56. The minimum absolute atomic E-state index is 0.0710. The van der Waals surface area contributed by atoms with Crippen LogP contribution in [0.4, 0.5) is 0 Å². The van der Waals surface area contributed by atoms with Gasteiger partial charge in [0.05, 0.1) is 19.3 Å². The van der Waals surface area contributed by atoms with Crippen LogP contribution in [0.15, 0.2) is 28.8 Å². The Balaban J connectivity index is 1.79. The van der Waals surface area contributed by atoms with Crippen LogP contribution in [0.25, 0.3) is 0 Å². The highest BCUT2D eigenvalue weighted by atomic mass is 16.5. The summed E-state index contributed by atoms with van der Waals surface area (Å²) >= 11 is 0. The molecule has 1 fully saturated rings. The summed E-state index contributed by atoms with van der Waals surface area (Å²) in [6.07, 6.45) is 0. The van der Waals surface area contributed by atoms with Gasteiger partial charge in [0.2, 0.25) is 5.89 Å². The first-order valence-corrected chi connectivity index (χ1v) is 6.90. The predicted octanol–water partition coefficient (Wildman–Crippen LogP) is 2.26. The lowest BCUT2D eigenvalue weighted by Gasteiger charge is -2.33. The van der Waals surface area contributed by atoms with Crippen LogP contribution in [0.2, 0.25) is 0 Å². The van der Waals surface area contributed by atoms with Crippen molar-refractivity contribution >= 4 is 0 Å². The third kappa shape index (κ3) is 2.89. The van der Waals surface area contributed by atoms with E-state index in [0.29, 0.717) is 12.5 Å². The average Bonchev–Trinajstić information content (AvgIpc) is 2.86. The Labute approximate surface area is 118 Å². The topological polar surface area (TPSA) is 51.4 Å². The molecule has 2 heterocycles. The largest absolute Gasteiger partial charge is 0.378 e. The molecule has 106 valence electrons. The number of aromatic nitrogens is 2. The van der Waals surface area contributed by atoms with Gasteiger partial charge in [0, 0.05) is 20.0 Å². The predicted molar refractivity (Wildman–Crippen MR) is 74.2 cm³/mol. The summed E-state index contributed by atoms with van der Waals surface area (Å²) in [6, 6.07) is 8.65. The van der Waals surface area contributed by atoms with Gasteiger partial charge in [-0.3, -0.25) is 4.90 Å². The lowest BCUT2D eigenvalue weighted by atomic mass is 10.1. The maximum atomic E-state index is 5.57. The van der Waals surface area contributed by atoms with Crippen molar-refractivity contribution in [1.29, 1.82) is 0 Å². The normalized spacial score (nSPS) is 20.2. The molecule has 0 bridgehead atoms. The van der Waals surface area contributed by atoms with Crippen LogP contribution in [0.3, 0.4) is 0 Å². The fraction of sp³-hybridized carbons (Fsp3) is 0.467. The summed E-state index contributed by atoms with van der Waals surface area (Å²) in [7, 11) is 0. The molecule has 1 atom stereocenters. The summed E-state index contributed by atoms with van der Waals surface area (Å²) in [6.45, 7) is 7.05. The number of ether oxygens (including phenoxy) is 1. The van der Waals surface area contributed by atoms with Gasteiger partial charge in [-0.1, -0.05) is 35.0 Å². The number of rotatable bonds is 3. The van der Waals surface area contributed by atoms with Gasteiger partial charge in [0.1, 0.15) is 0 Å². The molecule has 0 unspecified atom stereocenters. The zero-order chi connectivity index (χ0) is 13.9. The van der Waals surface area contributed by atoms with Crippen LogP contribution < -0.4 is 0 Å². The van der Waals surface area contributed by atoms with Gasteiger partial charge in [-0.2, -0.15) is 4.98 Å². The highest BCUT2D eigenvalue weighted by Crippen LogP contribution is 2.24. The second kappa shape index (κ2) is 5.73. The molecule has 20 heavy (non-hydrogen) atoms. The molecule has 0 saturated carbocycles. The van der Waals surface area contributed by atoms with Crippen LogP contribution in [-0.2, 0) is 11.3 Å². The molecule has 0 spiro atoms. The average molecular weight is 273 g/mol. The Morgan fingerprint density at radius 2 is 2.25 bits per heavy atom. The Morgan fingerprint density at radius 3 is 3.00 bits per heavy atom. The summed E-state index contributed by atoms with van der Waals surface area (Å²) < 4.78 is 10.7. The lowest BCUT2D eigenvalue weighted by molar-refractivity contribution is -0.0166. The number of nitrogens with zero attached hydrogens (tertiary/aromatic N) is 3. The van der Waals surface area contributed by atoms with E-state index in [4.69, 9.17) is 9.26 Å². The molecule has 5 heteroatoms. The number of hydrogen-bond acceptors (Lipinski definition) is 5. The molecule has 0 N–H and O–H groups in total. The molecule has 5 nitrogen and oxygen atoms in total. The first-order chi connectivity index (χ1) is 9.72. The van der Waals surface area contributed by atoms with Crippen molar-refractivity contribution in [2.75, 3.05) is 19.8 Å². The van der Waals surface area contributed by atoms with E-state index in [1.165, 1.54) is 11.1 Å². The zero-order valence-electron chi connectivity index (χ0n) is 11.9. The van der Waals surface area contributed by atoms with E-state index < -0.39 is 0 Å². The number of benzene rings is 1. The number of hydrogen-bond donors (Lipinski definition) is 0. The second-order valence-corrected chi connectivity index (χ2v) is 5.22. The van der Waals surface area contributed by atoms with Crippen molar-refractivity contribution in [2.45, 2.75) is 26.4 Å². The van der Waals surface area contributed by atoms with Crippen LogP contribution in [-0.4, -0.2) is 34.8 Å². The van der Waals surface area contributed by atoms with E-state index >= 15 is 0 Å². The molecule has 0 radical (unpaired) electrons. The molecule has 1 saturated heterocycles. The summed E-state index contributed by atoms with van der Waals surface area (Å²) in [5.74, 6) is 1.32. The van der Waals surface area contributed by atoms with E-state index in [0.717, 1.165) is 25.5 Å². The third-order valence-electron chi connectivity index (χ3n) is 3.55. The van der Waals surface area contributed by atoms with E-state index in [-0.39, 0.29) is 6.04 Å². The Bertz CT molecular complexity index is 582. The highest BCUT2D eigenvalue weighted by Gasteiger charge is 2.28. The molecule has 1 aliphatic rings. The third-order valence-corrected chi connectivity index (χ3v) is 3.55. The van der Waals surface area contributed by atoms with Gasteiger partial charge in [0.25, 0.3) is 0 Å². The zero-order valence-corrected chi connectivity index (χ0v) is 11.9. The first kappa shape index (κ1) is 13.3. The van der Waals surface area contributed by atoms with Gasteiger partial charge < -0.3 is 9.26 Å². The van der Waals surface area contributed by atoms with Crippen molar-refractivity contribution in [3.63, 3.8) is 0 Å². The standard InChI is InChI=1S/C15H19N3O2/c1-11-4-3-5-13(8-11)9-18-6-7-19-10-14(18)15-16-12(2)20-17-15/h3-5,8,14H,6-7,9-10H2,1-2H3/t14-/m0/s1.